The number of nitrogens with two attached hydrogens (primary N) is 1. The Bertz CT molecular complexity index is 495. The first-order valence-electron chi connectivity index (χ1n) is 7.48. The molecule has 0 atom stereocenters. The van der Waals surface area contributed by atoms with Gasteiger partial charge in [0.2, 0.25) is 5.91 Å². The number of hydrogen-bond acceptors (Lipinski definition) is 3. The molecule has 0 aromatic heterocycles. The van der Waals surface area contributed by atoms with Crippen LogP contribution in [0.1, 0.15) is 37.7 Å². The van der Waals surface area contributed by atoms with Crippen molar-refractivity contribution in [3.05, 3.63) is 29.8 Å². The highest BCUT2D eigenvalue weighted by Crippen LogP contribution is 2.30. The quantitative estimate of drug-likeness (QED) is 0.853. The summed E-state index contributed by atoms with van der Waals surface area (Å²) in [6, 6.07) is 7.92. The smallest absolute Gasteiger partial charge is 0.243 e. The lowest BCUT2D eigenvalue weighted by molar-refractivity contribution is -0.139. The highest BCUT2D eigenvalue weighted by Gasteiger charge is 2.38. The van der Waals surface area contributed by atoms with E-state index in [9.17, 15) is 4.79 Å². The molecule has 20 heavy (non-hydrogen) atoms. The van der Waals surface area contributed by atoms with Crippen LogP contribution in [0.25, 0.3) is 0 Å². The summed E-state index contributed by atoms with van der Waals surface area (Å²) in [7, 11) is 0. The Labute approximate surface area is 119 Å². The Morgan fingerprint density at radius 3 is 2.75 bits per heavy atom. The molecule has 1 heterocycles. The molecule has 2 aliphatic rings. The van der Waals surface area contributed by atoms with Crippen molar-refractivity contribution in [1.82, 2.24) is 4.90 Å². The fourth-order valence-electron chi connectivity index (χ4n) is 3.21. The molecule has 0 spiro atoms. The summed E-state index contributed by atoms with van der Waals surface area (Å²) in [4.78, 5) is 14.7. The lowest BCUT2D eigenvalue weighted by Crippen LogP contribution is -2.56. The number of ether oxygens (including phenoxy) is 1. The van der Waals surface area contributed by atoms with Gasteiger partial charge in [0, 0.05) is 12.1 Å². The van der Waals surface area contributed by atoms with Crippen LogP contribution >= 0.6 is 0 Å². The first-order chi connectivity index (χ1) is 9.69. The van der Waals surface area contributed by atoms with Gasteiger partial charge in [-0.05, 0) is 18.9 Å². The minimum Gasteiger partial charge on any atom is -0.491 e. The van der Waals surface area contributed by atoms with E-state index in [1.54, 1.807) is 0 Å². The Balaban J connectivity index is 1.78. The van der Waals surface area contributed by atoms with Crippen molar-refractivity contribution in [2.45, 2.75) is 44.2 Å². The summed E-state index contributed by atoms with van der Waals surface area (Å²) in [6.07, 6.45) is 4.93. The standard InChI is InChI=1S/C16H22N2O2/c17-16(8-4-1-5-9-16)15(19)18-10-11-20-14-7-3-2-6-13(14)12-18/h2-3,6-7H,1,4-5,8-12,17H2. The molecular weight excluding hydrogens is 252 g/mol. The van der Waals surface area contributed by atoms with Gasteiger partial charge in [-0.3, -0.25) is 4.79 Å². The number of benzene rings is 1. The highest BCUT2D eigenvalue weighted by atomic mass is 16.5. The zero-order valence-electron chi connectivity index (χ0n) is 11.8. The number of amides is 1. The zero-order valence-corrected chi connectivity index (χ0v) is 11.8. The molecule has 1 aliphatic carbocycles. The molecule has 0 radical (unpaired) electrons. The average molecular weight is 274 g/mol. The second kappa shape index (κ2) is 5.44. The summed E-state index contributed by atoms with van der Waals surface area (Å²) in [6.45, 7) is 1.76. The van der Waals surface area contributed by atoms with Gasteiger partial charge in [-0.1, -0.05) is 37.5 Å². The van der Waals surface area contributed by atoms with E-state index in [0.29, 0.717) is 19.7 Å². The van der Waals surface area contributed by atoms with Crippen LogP contribution in [0, 0.1) is 0 Å². The summed E-state index contributed by atoms with van der Waals surface area (Å²) >= 11 is 0. The minimum absolute atomic E-state index is 0.0949. The Morgan fingerprint density at radius 1 is 1.20 bits per heavy atom. The van der Waals surface area contributed by atoms with Gasteiger partial charge in [0.15, 0.2) is 0 Å². The third-order valence-electron chi connectivity index (χ3n) is 4.41. The van der Waals surface area contributed by atoms with Gasteiger partial charge in [0.1, 0.15) is 12.4 Å². The maximum atomic E-state index is 12.8. The lowest BCUT2D eigenvalue weighted by atomic mass is 9.81. The van der Waals surface area contributed by atoms with Crippen molar-refractivity contribution in [1.29, 1.82) is 0 Å². The van der Waals surface area contributed by atoms with Crippen LogP contribution in [0.4, 0.5) is 0 Å². The maximum absolute atomic E-state index is 12.8. The molecule has 0 bridgehead atoms. The summed E-state index contributed by atoms with van der Waals surface area (Å²) in [5, 5.41) is 0. The van der Waals surface area contributed by atoms with Crippen molar-refractivity contribution in [2.75, 3.05) is 13.2 Å². The number of hydrogen-bond donors (Lipinski definition) is 1. The number of nitrogens with zero attached hydrogens (tertiary/aromatic N) is 1. The van der Waals surface area contributed by atoms with Crippen LogP contribution in [0.15, 0.2) is 24.3 Å². The van der Waals surface area contributed by atoms with Crippen molar-refractivity contribution in [3.63, 3.8) is 0 Å². The predicted molar refractivity (Wildman–Crippen MR) is 77.4 cm³/mol. The summed E-state index contributed by atoms with van der Waals surface area (Å²) < 4.78 is 5.71. The van der Waals surface area contributed by atoms with E-state index in [-0.39, 0.29) is 5.91 Å². The molecule has 0 unspecified atom stereocenters. The third-order valence-corrected chi connectivity index (χ3v) is 4.41. The summed E-state index contributed by atoms with van der Waals surface area (Å²) in [5.74, 6) is 0.981. The van der Waals surface area contributed by atoms with Gasteiger partial charge < -0.3 is 15.4 Å². The van der Waals surface area contributed by atoms with Crippen LogP contribution in [0.5, 0.6) is 5.75 Å². The molecule has 1 aromatic rings. The molecule has 1 amide bonds. The van der Waals surface area contributed by atoms with Crippen LogP contribution in [-0.2, 0) is 11.3 Å². The monoisotopic (exact) mass is 274 g/mol. The van der Waals surface area contributed by atoms with Crippen molar-refractivity contribution in [3.8, 4) is 5.75 Å². The molecule has 1 aromatic carbocycles. The number of fused-ring (bicyclic) bond motifs is 1. The Morgan fingerprint density at radius 2 is 1.95 bits per heavy atom. The topological polar surface area (TPSA) is 55.6 Å². The van der Waals surface area contributed by atoms with Crippen molar-refractivity contribution >= 4 is 5.91 Å². The predicted octanol–water partition coefficient (Wildman–Crippen LogP) is 2.07. The normalized spacial score (nSPS) is 21.6. The fourth-order valence-corrected chi connectivity index (χ4v) is 3.21. The molecule has 1 fully saturated rings. The van der Waals surface area contributed by atoms with Crippen molar-refractivity contribution < 1.29 is 9.53 Å². The molecular formula is C16H22N2O2. The van der Waals surface area contributed by atoms with E-state index in [1.165, 1.54) is 6.42 Å². The maximum Gasteiger partial charge on any atom is 0.243 e. The molecule has 1 saturated carbocycles. The van der Waals surface area contributed by atoms with Crippen LogP contribution < -0.4 is 10.5 Å². The zero-order chi connectivity index (χ0) is 14.0. The first kappa shape index (κ1) is 13.4. The number of rotatable bonds is 1. The molecule has 4 heteroatoms. The van der Waals surface area contributed by atoms with Gasteiger partial charge in [0.05, 0.1) is 12.1 Å². The molecule has 3 rings (SSSR count). The van der Waals surface area contributed by atoms with Crippen LogP contribution in [0.3, 0.4) is 0 Å². The molecule has 1 aliphatic heterocycles. The first-order valence-corrected chi connectivity index (χ1v) is 7.48. The van der Waals surface area contributed by atoms with E-state index in [0.717, 1.165) is 37.0 Å². The van der Waals surface area contributed by atoms with Gasteiger partial charge in [-0.15, -0.1) is 0 Å². The van der Waals surface area contributed by atoms with Crippen LogP contribution in [0.2, 0.25) is 0 Å². The second-order valence-corrected chi connectivity index (χ2v) is 5.90. The second-order valence-electron chi connectivity index (χ2n) is 5.90. The molecule has 0 saturated heterocycles. The largest absolute Gasteiger partial charge is 0.491 e. The van der Waals surface area contributed by atoms with Gasteiger partial charge in [-0.2, -0.15) is 0 Å². The van der Waals surface area contributed by atoms with Crippen LogP contribution in [-0.4, -0.2) is 29.5 Å². The lowest BCUT2D eigenvalue weighted by Gasteiger charge is -2.36. The van der Waals surface area contributed by atoms with E-state index in [4.69, 9.17) is 10.5 Å². The van der Waals surface area contributed by atoms with Crippen molar-refractivity contribution in [2.24, 2.45) is 5.73 Å². The van der Waals surface area contributed by atoms with E-state index in [2.05, 4.69) is 0 Å². The molecule has 2 N–H and O–H groups in total. The third kappa shape index (κ3) is 2.52. The SMILES string of the molecule is NC1(C(=O)N2CCOc3ccccc3C2)CCCCC1. The van der Waals surface area contributed by atoms with Gasteiger partial charge in [-0.25, -0.2) is 0 Å². The van der Waals surface area contributed by atoms with Gasteiger partial charge >= 0.3 is 0 Å². The van der Waals surface area contributed by atoms with E-state index < -0.39 is 5.54 Å². The number of para-hydroxylation sites is 1. The minimum atomic E-state index is -0.655. The van der Waals surface area contributed by atoms with E-state index in [1.807, 2.05) is 29.2 Å². The van der Waals surface area contributed by atoms with Gasteiger partial charge in [0.25, 0.3) is 0 Å². The molecule has 108 valence electrons. The van der Waals surface area contributed by atoms with E-state index >= 15 is 0 Å². The summed E-state index contributed by atoms with van der Waals surface area (Å²) in [5.41, 5.74) is 6.78. The Kier molecular flexibility index (Phi) is 3.66. The fraction of sp³-hybridized carbons (Fsp3) is 0.562. The molecule has 4 nitrogen and oxygen atoms in total. The Hall–Kier alpha value is -1.55. The number of carbonyl (C=O) groups is 1. The average Bonchev–Trinajstić information content (AvgIpc) is 2.69. The number of carbonyl (C=O) groups excluding carboxylic acids is 1. The highest BCUT2D eigenvalue weighted by molar-refractivity contribution is 5.86.